The van der Waals surface area contributed by atoms with E-state index in [1.165, 1.54) is 35.3 Å². The molecule has 0 saturated heterocycles. The number of aromatic nitrogens is 4. The van der Waals surface area contributed by atoms with Crippen LogP contribution in [0.5, 0.6) is 0 Å². The van der Waals surface area contributed by atoms with E-state index in [1.807, 2.05) is 6.92 Å². The Balaban J connectivity index is 1.74. The lowest BCUT2D eigenvalue weighted by Gasteiger charge is -2.22. The maximum atomic E-state index is 12.5. The Labute approximate surface area is 144 Å². The third kappa shape index (κ3) is 3.92. The van der Waals surface area contributed by atoms with Crippen molar-refractivity contribution < 1.29 is 4.79 Å². The van der Waals surface area contributed by atoms with Crippen LogP contribution in [0.1, 0.15) is 39.0 Å². The summed E-state index contributed by atoms with van der Waals surface area (Å²) in [6.45, 7) is 1.98. The second-order valence-corrected chi connectivity index (χ2v) is 7.13. The van der Waals surface area contributed by atoms with E-state index in [9.17, 15) is 9.59 Å². The predicted molar refractivity (Wildman–Crippen MR) is 93.0 cm³/mol. The van der Waals surface area contributed by atoms with Gasteiger partial charge < -0.3 is 5.32 Å². The first kappa shape index (κ1) is 16.9. The second-order valence-electron chi connectivity index (χ2n) is 5.90. The number of nitrogens with zero attached hydrogens (tertiary/aromatic N) is 4. The fraction of sp³-hybridized carbons (Fsp3) is 0.562. The molecule has 0 radical (unpaired) electrons. The molecule has 1 N–H and O–H groups in total. The van der Waals surface area contributed by atoms with Crippen molar-refractivity contribution in [3.63, 3.8) is 0 Å². The van der Waals surface area contributed by atoms with Crippen LogP contribution in [0.2, 0.25) is 0 Å². The quantitative estimate of drug-likeness (QED) is 0.655. The molecule has 1 fully saturated rings. The maximum absolute atomic E-state index is 12.5. The molecule has 0 spiro atoms. The van der Waals surface area contributed by atoms with E-state index in [4.69, 9.17) is 0 Å². The van der Waals surface area contributed by atoms with Gasteiger partial charge in [-0.3, -0.25) is 14.2 Å². The minimum absolute atomic E-state index is 0.0241. The zero-order chi connectivity index (χ0) is 16.9. The van der Waals surface area contributed by atoms with Gasteiger partial charge in [0, 0.05) is 12.2 Å². The SMILES string of the molecule is CCSc1ncc2c(=O)n(CC(=O)NC3CCCCC3)cnc2n1. The van der Waals surface area contributed by atoms with Crippen LogP contribution in [0.4, 0.5) is 0 Å². The van der Waals surface area contributed by atoms with Crippen molar-refractivity contribution in [3.8, 4) is 0 Å². The first-order valence-corrected chi connectivity index (χ1v) is 9.30. The van der Waals surface area contributed by atoms with E-state index < -0.39 is 0 Å². The van der Waals surface area contributed by atoms with Gasteiger partial charge in [0.25, 0.3) is 5.56 Å². The van der Waals surface area contributed by atoms with E-state index in [1.54, 1.807) is 0 Å². The number of carbonyl (C=O) groups is 1. The molecule has 0 unspecified atom stereocenters. The summed E-state index contributed by atoms with van der Waals surface area (Å²) < 4.78 is 1.32. The molecular weight excluding hydrogens is 326 g/mol. The van der Waals surface area contributed by atoms with E-state index >= 15 is 0 Å². The largest absolute Gasteiger partial charge is 0.352 e. The molecule has 128 valence electrons. The molecule has 0 aromatic carbocycles. The van der Waals surface area contributed by atoms with Crippen molar-refractivity contribution in [2.75, 3.05) is 5.75 Å². The molecule has 2 aromatic rings. The second kappa shape index (κ2) is 7.74. The van der Waals surface area contributed by atoms with Crippen molar-refractivity contribution in [2.45, 2.75) is 56.8 Å². The van der Waals surface area contributed by atoms with Crippen molar-refractivity contribution in [3.05, 3.63) is 22.9 Å². The topological polar surface area (TPSA) is 89.8 Å². The van der Waals surface area contributed by atoms with Crippen molar-refractivity contribution >= 4 is 28.7 Å². The van der Waals surface area contributed by atoms with Crippen LogP contribution in [-0.4, -0.2) is 37.2 Å². The monoisotopic (exact) mass is 347 g/mol. The summed E-state index contributed by atoms with van der Waals surface area (Å²) in [6.07, 6.45) is 8.45. The van der Waals surface area contributed by atoms with Crippen LogP contribution in [0.3, 0.4) is 0 Å². The number of hydrogen-bond acceptors (Lipinski definition) is 6. The molecule has 3 rings (SSSR count). The molecule has 2 heterocycles. The van der Waals surface area contributed by atoms with Crippen LogP contribution in [0, 0.1) is 0 Å². The average molecular weight is 347 g/mol. The Bertz CT molecular complexity index is 786. The van der Waals surface area contributed by atoms with Crippen LogP contribution in [-0.2, 0) is 11.3 Å². The van der Waals surface area contributed by atoms with Crippen LogP contribution >= 0.6 is 11.8 Å². The van der Waals surface area contributed by atoms with Gasteiger partial charge in [0.05, 0.1) is 0 Å². The van der Waals surface area contributed by atoms with Crippen molar-refractivity contribution in [1.82, 2.24) is 24.8 Å². The van der Waals surface area contributed by atoms with E-state index in [2.05, 4.69) is 20.3 Å². The normalized spacial score (nSPS) is 15.5. The highest BCUT2D eigenvalue weighted by molar-refractivity contribution is 7.99. The highest BCUT2D eigenvalue weighted by Gasteiger charge is 2.16. The van der Waals surface area contributed by atoms with Gasteiger partial charge in [-0.05, 0) is 18.6 Å². The highest BCUT2D eigenvalue weighted by Crippen LogP contribution is 2.17. The molecule has 0 atom stereocenters. The van der Waals surface area contributed by atoms with Crippen LogP contribution in [0.25, 0.3) is 11.0 Å². The van der Waals surface area contributed by atoms with Gasteiger partial charge in [0.2, 0.25) is 5.91 Å². The zero-order valence-corrected chi connectivity index (χ0v) is 14.5. The van der Waals surface area contributed by atoms with Gasteiger partial charge in [0.1, 0.15) is 18.3 Å². The molecule has 7 nitrogen and oxygen atoms in total. The number of carbonyl (C=O) groups excluding carboxylic acids is 1. The van der Waals surface area contributed by atoms with Crippen molar-refractivity contribution in [2.24, 2.45) is 0 Å². The average Bonchev–Trinajstić information content (AvgIpc) is 2.59. The summed E-state index contributed by atoms with van der Waals surface area (Å²) in [5.41, 5.74) is 0.0849. The highest BCUT2D eigenvalue weighted by atomic mass is 32.2. The first-order valence-electron chi connectivity index (χ1n) is 8.31. The minimum atomic E-state index is -0.285. The minimum Gasteiger partial charge on any atom is -0.352 e. The Morgan fingerprint density at radius 3 is 2.88 bits per heavy atom. The molecular formula is C16H21N5O2S. The Hall–Kier alpha value is -1.96. The Morgan fingerprint density at radius 2 is 2.12 bits per heavy atom. The smallest absolute Gasteiger partial charge is 0.264 e. The number of fused-ring (bicyclic) bond motifs is 1. The summed E-state index contributed by atoms with van der Waals surface area (Å²) in [4.78, 5) is 37.3. The Morgan fingerprint density at radius 1 is 1.33 bits per heavy atom. The Kier molecular flexibility index (Phi) is 5.44. The number of hydrogen-bond donors (Lipinski definition) is 1. The summed E-state index contributed by atoms with van der Waals surface area (Å²) in [7, 11) is 0. The molecule has 1 aliphatic carbocycles. The summed E-state index contributed by atoms with van der Waals surface area (Å²) in [5.74, 6) is 0.702. The number of rotatable bonds is 5. The van der Waals surface area contributed by atoms with Gasteiger partial charge >= 0.3 is 0 Å². The third-order valence-electron chi connectivity index (χ3n) is 4.11. The molecule has 24 heavy (non-hydrogen) atoms. The van der Waals surface area contributed by atoms with Gasteiger partial charge in [-0.25, -0.2) is 15.0 Å². The third-order valence-corrected chi connectivity index (χ3v) is 4.86. The first-order chi connectivity index (χ1) is 11.7. The molecule has 1 saturated carbocycles. The molecule has 0 bridgehead atoms. The fourth-order valence-corrected chi connectivity index (χ4v) is 3.46. The lowest BCUT2D eigenvalue weighted by atomic mass is 9.95. The summed E-state index contributed by atoms with van der Waals surface area (Å²) in [5, 5.41) is 3.95. The number of nitrogens with one attached hydrogen (secondary N) is 1. The lowest BCUT2D eigenvalue weighted by Crippen LogP contribution is -2.39. The van der Waals surface area contributed by atoms with E-state index in [0.29, 0.717) is 16.2 Å². The zero-order valence-electron chi connectivity index (χ0n) is 13.7. The number of amides is 1. The summed E-state index contributed by atoms with van der Waals surface area (Å²) >= 11 is 1.50. The van der Waals surface area contributed by atoms with Gasteiger partial charge in [0.15, 0.2) is 10.8 Å². The van der Waals surface area contributed by atoms with Gasteiger partial charge in [-0.15, -0.1) is 0 Å². The van der Waals surface area contributed by atoms with E-state index in [0.717, 1.165) is 31.4 Å². The maximum Gasteiger partial charge on any atom is 0.264 e. The lowest BCUT2D eigenvalue weighted by molar-refractivity contribution is -0.122. The standard InChI is InChI=1S/C16H21N5O2S/c1-2-24-16-17-8-12-14(20-16)18-10-21(15(12)23)9-13(22)19-11-6-4-3-5-7-11/h8,10-11H,2-7,9H2,1H3,(H,19,22). The fourth-order valence-electron chi connectivity index (χ4n) is 2.92. The predicted octanol–water partition coefficient (Wildman–Crippen LogP) is 1.75. The van der Waals surface area contributed by atoms with E-state index in [-0.39, 0.29) is 24.1 Å². The molecule has 8 heteroatoms. The molecule has 1 amide bonds. The van der Waals surface area contributed by atoms with Crippen LogP contribution in [0.15, 0.2) is 22.5 Å². The van der Waals surface area contributed by atoms with Crippen molar-refractivity contribution in [1.29, 1.82) is 0 Å². The van der Waals surface area contributed by atoms with Gasteiger partial charge in [-0.1, -0.05) is 37.9 Å². The number of thioether (sulfide) groups is 1. The molecule has 0 aliphatic heterocycles. The molecule has 1 aliphatic rings. The summed E-state index contributed by atoms with van der Waals surface area (Å²) in [6, 6.07) is 0.229. The van der Waals surface area contributed by atoms with Crippen LogP contribution < -0.4 is 10.9 Å². The molecule has 2 aromatic heterocycles. The van der Waals surface area contributed by atoms with Gasteiger partial charge in [-0.2, -0.15) is 0 Å².